The molecule has 1 atom stereocenters. The second kappa shape index (κ2) is 2.17. The van der Waals surface area contributed by atoms with Gasteiger partial charge >= 0.3 is 0 Å². The van der Waals surface area contributed by atoms with Gasteiger partial charge in [0.1, 0.15) is 6.04 Å². The molecule has 0 radical (unpaired) electrons. The number of rotatable bonds is 1. The summed E-state index contributed by atoms with van der Waals surface area (Å²) in [5, 5.41) is 2.52. The molecule has 1 heterocycles. The van der Waals surface area contributed by atoms with Crippen molar-refractivity contribution in [2.45, 2.75) is 19.9 Å². The van der Waals surface area contributed by atoms with Gasteiger partial charge in [-0.15, -0.1) is 0 Å². The maximum atomic E-state index is 10.8. The van der Waals surface area contributed by atoms with Gasteiger partial charge in [0, 0.05) is 0 Å². The van der Waals surface area contributed by atoms with Gasteiger partial charge in [-0.1, -0.05) is 13.8 Å². The van der Waals surface area contributed by atoms with Crippen molar-refractivity contribution < 1.29 is 4.79 Å². The van der Waals surface area contributed by atoms with E-state index in [4.69, 9.17) is 0 Å². The monoisotopic (exact) mass is 126 g/mol. The summed E-state index contributed by atoms with van der Waals surface area (Å²) < 4.78 is 0. The lowest BCUT2D eigenvalue weighted by atomic mass is 10.1. The molecule has 1 aliphatic rings. The van der Waals surface area contributed by atoms with Crippen molar-refractivity contribution in [3.05, 3.63) is 0 Å². The highest BCUT2D eigenvalue weighted by molar-refractivity contribution is 5.96. The molecule has 0 aliphatic carbocycles. The van der Waals surface area contributed by atoms with Crippen LogP contribution in [0.25, 0.3) is 0 Å². The fraction of sp³-hybridized carbons (Fsp3) is 0.667. The third-order valence-corrected chi connectivity index (χ3v) is 1.34. The smallest absolute Gasteiger partial charge is 0.250 e. The number of carbonyl (C=O) groups is 1. The number of carbonyl (C=O) groups excluding carboxylic acids is 1. The first-order valence-corrected chi connectivity index (χ1v) is 3.04. The van der Waals surface area contributed by atoms with Gasteiger partial charge in [-0.25, -0.2) is 0 Å². The third kappa shape index (κ3) is 1.09. The molecule has 0 fully saturated rings. The van der Waals surface area contributed by atoms with Crippen molar-refractivity contribution in [2.75, 3.05) is 0 Å². The van der Waals surface area contributed by atoms with Crippen LogP contribution in [-0.2, 0) is 4.79 Å². The molecule has 0 spiro atoms. The molecule has 9 heavy (non-hydrogen) atoms. The normalized spacial score (nSPS) is 25.2. The predicted octanol–water partition coefficient (Wildman–Crippen LogP) is 0.169. The van der Waals surface area contributed by atoms with Crippen LogP contribution < -0.4 is 5.32 Å². The van der Waals surface area contributed by atoms with Gasteiger partial charge in [0.15, 0.2) is 0 Å². The Labute approximate surface area is 54.2 Å². The maximum Gasteiger partial charge on any atom is 0.250 e. The third-order valence-electron chi connectivity index (χ3n) is 1.34. The van der Waals surface area contributed by atoms with Crippen LogP contribution in [0.3, 0.4) is 0 Å². The topological polar surface area (TPSA) is 41.5 Å². The summed E-state index contributed by atoms with van der Waals surface area (Å²) in [7, 11) is 0. The predicted molar refractivity (Wildman–Crippen MR) is 35.3 cm³/mol. The van der Waals surface area contributed by atoms with E-state index >= 15 is 0 Å². The Kier molecular flexibility index (Phi) is 1.51. The molecule has 0 saturated carbocycles. The van der Waals surface area contributed by atoms with Gasteiger partial charge in [-0.3, -0.25) is 9.79 Å². The van der Waals surface area contributed by atoms with Crippen molar-refractivity contribution in [2.24, 2.45) is 10.9 Å². The van der Waals surface area contributed by atoms with E-state index in [1.54, 1.807) is 0 Å². The number of hydrogen-bond acceptors (Lipinski definition) is 2. The van der Waals surface area contributed by atoms with Crippen LogP contribution in [0.15, 0.2) is 4.99 Å². The lowest BCUT2D eigenvalue weighted by Crippen LogP contribution is -2.28. The second-order valence-electron chi connectivity index (χ2n) is 2.48. The fourth-order valence-electron chi connectivity index (χ4n) is 0.809. The van der Waals surface area contributed by atoms with Crippen molar-refractivity contribution in [3.8, 4) is 0 Å². The minimum Gasteiger partial charge on any atom is -0.315 e. The Balaban J connectivity index is 2.59. The molecule has 1 unspecified atom stereocenters. The molecule has 0 bridgehead atoms. The Morgan fingerprint density at radius 1 is 1.78 bits per heavy atom. The van der Waals surface area contributed by atoms with Crippen LogP contribution >= 0.6 is 0 Å². The lowest BCUT2D eigenvalue weighted by molar-refractivity contribution is -0.120. The van der Waals surface area contributed by atoms with Crippen molar-refractivity contribution in [1.29, 1.82) is 0 Å². The highest BCUT2D eigenvalue weighted by Crippen LogP contribution is 2.07. The molecule has 1 aliphatic heterocycles. The fourth-order valence-corrected chi connectivity index (χ4v) is 0.809. The first-order valence-electron chi connectivity index (χ1n) is 3.04. The molecule has 0 aromatic rings. The zero-order valence-electron chi connectivity index (χ0n) is 5.59. The van der Waals surface area contributed by atoms with Gasteiger partial charge < -0.3 is 5.32 Å². The molecular weight excluding hydrogens is 116 g/mol. The zero-order valence-corrected chi connectivity index (χ0v) is 5.59. The molecule has 1 rings (SSSR count). The highest BCUT2D eigenvalue weighted by Gasteiger charge is 2.23. The van der Waals surface area contributed by atoms with Gasteiger partial charge in [0.05, 0.1) is 6.34 Å². The minimum absolute atomic E-state index is 0.0185. The van der Waals surface area contributed by atoms with Crippen molar-refractivity contribution in [1.82, 2.24) is 5.32 Å². The van der Waals surface area contributed by atoms with Crippen LogP contribution in [-0.4, -0.2) is 18.3 Å². The van der Waals surface area contributed by atoms with Crippen LogP contribution in [0.2, 0.25) is 0 Å². The summed E-state index contributed by atoms with van der Waals surface area (Å²) in [4.78, 5) is 14.7. The number of amides is 1. The number of nitrogens with one attached hydrogen (secondary N) is 1. The van der Waals surface area contributed by atoms with Crippen LogP contribution in [0.5, 0.6) is 0 Å². The summed E-state index contributed by atoms with van der Waals surface area (Å²) in [5.41, 5.74) is 0. The maximum absolute atomic E-state index is 10.8. The lowest BCUT2D eigenvalue weighted by Gasteiger charge is -2.06. The average molecular weight is 126 g/mol. The number of aliphatic imine (C=N–C) groups is 1. The summed E-state index contributed by atoms with van der Waals surface area (Å²) in [6.07, 6.45) is 1.47. The van der Waals surface area contributed by atoms with Crippen molar-refractivity contribution >= 4 is 12.2 Å². The van der Waals surface area contributed by atoms with E-state index in [-0.39, 0.29) is 11.9 Å². The molecule has 3 heteroatoms. The Morgan fingerprint density at radius 3 is 2.67 bits per heavy atom. The number of nitrogens with zero attached hydrogens (tertiary/aromatic N) is 1. The van der Waals surface area contributed by atoms with Crippen LogP contribution in [0.4, 0.5) is 0 Å². The molecular formula is C6H10N2O. The molecule has 1 amide bonds. The Hall–Kier alpha value is -0.860. The zero-order chi connectivity index (χ0) is 6.85. The average Bonchev–Trinajstić information content (AvgIpc) is 2.13. The molecule has 3 nitrogen and oxygen atoms in total. The van der Waals surface area contributed by atoms with E-state index in [9.17, 15) is 4.79 Å². The van der Waals surface area contributed by atoms with Gasteiger partial charge in [-0.2, -0.15) is 0 Å². The van der Waals surface area contributed by atoms with E-state index in [2.05, 4.69) is 10.3 Å². The molecule has 0 saturated heterocycles. The standard InChI is InChI=1S/C6H10N2O/c1-4(2)5-6(9)8-3-7-5/h3-5H,1-2H3,(H,7,8,9). The second-order valence-corrected chi connectivity index (χ2v) is 2.48. The summed E-state index contributed by atoms with van der Waals surface area (Å²) in [6, 6.07) is -0.148. The SMILES string of the molecule is CC(C)C1N=CNC1=O. The van der Waals surface area contributed by atoms with E-state index in [1.165, 1.54) is 6.34 Å². The van der Waals surface area contributed by atoms with Gasteiger partial charge in [0.25, 0.3) is 0 Å². The van der Waals surface area contributed by atoms with E-state index in [0.29, 0.717) is 5.92 Å². The van der Waals surface area contributed by atoms with Gasteiger partial charge in [-0.05, 0) is 5.92 Å². The molecule has 1 N–H and O–H groups in total. The first kappa shape index (κ1) is 6.26. The van der Waals surface area contributed by atoms with Crippen LogP contribution in [0.1, 0.15) is 13.8 Å². The van der Waals surface area contributed by atoms with Crippen LogP contribution in [0, 0.1) is 5.92 Å². The Bertz CT molecular complexity index is 151. The van der Waals surface area contributed by atoms with Gasteiger partial charge in [0.2, 0.25) is 5.91 Å². The van der Waals surface area contributed by atoms with E-state index < -0.39 is 0 Å². The summed E-state index contributed by atoms with van der Waals surface area (Å²) >= 11 is 0. The molecule has 50 valence electrons. The van der Waals surface area contributed by atoms with E-state index in [1.807, 2.05) is 13.8 Å². The molecule has 0 aromatic heterocycles. The Morgan fingerprint density at radius 2 is 2.44 bits per heavy atom. The summed E-state index contributed by atoms with van der Waals surface area (Å²) in [5.74, 6) is 0.328. The molecule has 0 aromatic carbocycles. The quantitative estimate of drug-likeness (QED) is 0.534. The van der Waals surface area contributed by atoms with E-state index in [0.717, 1.165) is 0 Å². The first-order chi connectivity index (χ1) is 4.22. The highest BCUT2D eigenvalue weighted by atomic mass is 16.2. The van der Waals surface area contributed by atoms with Crippen molar-refractivity contribution in [3.63, 3.8) is 0 Å². The summed E-state index contributed by atoms with van der Waals surface area (Å²) in [6.45, 7) is 3.96. The minimum atomic E-state index is -0.148. The largest absolute Gasteiger partial charge is 0.315 e. The number of hydrogen-bond donors (Lipinski definition) is 1.